The van der Waals surface area contributed by atoms with Crippen LogP contribution < -0.4 is 5.32 Å². The Morgan fingerprint density at radius 3 is 2.58 bits per heavy atom. The molecule has 0 spiro atoms. The van der Waals surface area contributed by atoms with Crippen molar-refractivity contribution in [3.8, 4) is 11.8 Å². The van der Waals surface area contributed by atoms with Gasteiger partial charge in [-0.2, -0.15) is 5.26 Å². The molecule has 120 valence electrons. The van der Waals surface area contributed by atoms with E-state index in [9.17, 15) is 15.2 Å². The molecule has 0 aliphatic carbocycles. The van der Waals surface area contributed by atoms with Crippen molar-refractivity contribution in [2.75, 3.05) is 0 Å². The monoisotopic (exact) mass is 354 g/mol. The molecule has 0 saturated heterocycles. The second kappa shape index (κ2) is 7.47. The van der Waals surface area contributed by atoms with E-state index in [1.54, 1.807) is 18.2 Å². The minimum atomic E-state index is -0.408. The third-order valence-corrected chi connectivity index (χ3v) is 6.07. The summed E-state index contributed by atoms with van der Waals surface area (Å²) in [4.78, 5) is 12.2. The quantitative estimate of drug-likeness (QED) is 0.870. The summed E-state index contributed by atoms with van der Waals surface area (Å²) >= 11 is 2.85. The maximum atomic E-state index is 12.2. The van der Waals surface area contributed by atoms with Gasteiger partial charge in [0.2, 0.25) is 0 Å². The molecule has 1 heterocycles. The standard InChI is InChI=1S/C18H14N2O2S2/c19-10-14-16(22)20-17(13-8-4-5-9-15(13)21)24-18(14)23-11-12-6-2-1-3-7-12/h1-9,17,21H,11H2,(H,20,22). The second-order valence-electron chi connectivity index (χ2n) is 5.08. The van der Waals surface area contributed by atoms with Crippen molar-refractivity contribution in [3.05, 3.63) is 75.5 Å². The second-order valence-corrected chi connectivity index (χ2v) is 7.44. The van der Waals surface area contributed by atoms with Gasteiger partial charge in [-0.25, -0.2) is 0 Å². The Kier molecular flexibility index (Phi) is 5.14. The van der Waals surface area contributed by atoms with E-state index in [1.165, 1.54) is 23.5 Å². The van der Waals surface area contributed by atoms with Gasteiger partial charge in [-0.05, 0) is 11.6 Å². The third kappa shape index (κ3) is 3.58. The van der Waals surface area contributed by atoms with Crippen molar-refractivity contribution in [1.29, 1.82) is 5.26 Å². The predicted molar refractivity (Wildman–Crippen MR) is 97.0 cm³/mol. The maximum Gasteiger partial charge on any atom is 0.264 e. The SMILES string of the molecule is N#CC1=C(SCc2ccccc2)SC(c2ccccc2O)NC1=O. The molecule has 24 heavy (non-hydrogen) atoms. The van der Waals surface area contributed by atoms with Gasteiger partial charge in [0.05, 0.1) is 4.24 Å². The number of para-hydroxylation sites is 1. The lowest BCUT2D eigenvalue weighted by molar-refractivity contribution is -0.117. The molecule has 0 radical (unpaired) electrons. The van der Waals surface area contributed by atoms with E-state index in [0.29, 0.717) is 15.6 Å². The van der Waals surface area contributed by atoms with Gasteiger partial charge < -0.3 is 10.4 Å². The lowest BCUT2D eigenvalue weighted by atomic mass is 10.2. The van der Waals surface area contributed by atoms with E-state index in [1.807, 2.05) is 42.5 Å². The predicted octanol–water partition coefficient (Wildman–Crippen LogP) is 3.92. The van der Waals surface area contributed by atoms with Gasteiger partial charge in [-0.1, -0.05) is 60.3 Å². The normalized spacial score (nSPS) is 17.3. The zero-order valence-electron chi connectivity index (χ0n) is 12.6. The summed E-state index contributed by atoms with van der Waals surface area (Å²) in [6.45, 7) is 0. The van der Waals surface area contributed by atoms with Crippen LogP contribution >= 0.6 is 23.5 Å². The first-order valence-corrected chi connectivity index (χ1v) is 9.12. The first kappa shape index (κ1) is 16.5. The van der Waals surface area contributed by atoms with E-state index < -0.39 is 11.3 Å². The first-order chi connectivity index (χ1) is 11.7. The number of phenolic OH excluding ortho intramolecular Hbond substituents is 1. The van der Waals surface area contributed by atoms with Crippen molar-refractivity contribution in [3.63, 3.8) is 0 Å². The number of aromatic hydroxyl groups is 1. The highest BCUT2D eigenvalue weighted by Gasteiger charge is 2.30. The maximum absolute atomic E-state index is 12.2. The fraction of sp³-hybridized carbons (Fsp3) is 0.111. The number of nitrogens with zero attached hydrogens (tertiary/aromatic N) is 1. The number of phenols is 1. The van der Waals surface area contributed by atoms with Crippen LogP contribution in [0.4, 0.5) is 0 Å². The largest absolute Gasteiger partial charge is 0.508 e. The Labute approximate surface area is 148 Å². The lowest BCUT2D eigenvalue weighted by Gasteiger charge is -2.25. The van der Waals surface area contributed by atoms with Crippen LogP contribution in [-0.2, 0) is 10.5 Å². The molecule has 0 saturated carbocycles. The molecule has 1 atom stereocenters. The minimum absolute atomic E-state index is 0.128. The van der Waals surface area contributed by atoms with E-state index in [0.717, 1.165) is 5.56 Å². The van der Waals surface area contributed by atoms with E-state index in [2.05, 4.69) is 5.32 Å². The van der Waals surface area contributed by atoms with Crippen LogP contribution in [-0.4, -0.2) is 11.0 Å². The third-order valence-electron chi connectivity index (χ3n) is 3.46. The average Bonchev–Trinajstić information content (AvgIpc) is 2.61. The number of thioether (sulfide) groups is 2. The van der Waals surface area contributed by atoms with Crippen LogP contribution in [0.3, 0.4) is 0 Å². The smallest absolute Gasteiger partial charge is 0.264 e. The number of hydrogen-bond donors (Lipinski definition) is 2. The van der Waals surface area contributed by atoms with Crippen LogP contribution in [0.25, 0.3) is 0 Å². The Morgan fingerprint density at radius 2 is 1.88 bits per heavy atom. The van der Waals surface area contributed by atoms with E-state index in [-0.39, 0.29) is 11.3 Å². The summed E-state index contributed by atoms with van der Waals surface area (Å²) in [5.41, 5.74) is 1.89. The number of rotatable bonds is 4. The van der Waals surface area contributed by atoms with Crippen LogP contribution in [0.1, 0.15) is 16.5 Å². The molecule has 1 aliphatic rings. The van der Waals surface area contributed by atoms with Crippen molar-refractivity contribution in [1.82, 2.24) is 5.32 Å². The molecule has 2 aromatic carbocycles. The lowest BCUT2D eigenvalue weighted by Crippen LogP contribution is -2.31. The molecule has 2 aromatic rings. The van der Waals surface area contributed by atoms with Gasteiger partial charge in [0.15, 0.2) is 0 Å². The summed E-state index contributed by atoms with van der Waals surface area (Å²) in [6, 6.07) is 18.8. The molecule has 3 rings (SSSR count). The molecule has 1 amide bonds. The number of amides is 1. The number of hydrogen-bond acceptors (Lipinski definition) is 5. The summed E-state index contributed by atoms with van der Waals surface area (Å²) in [6.07, 6.45) is 0. The summed E-state index contributed by atoms with van der Waals surface area (Å²) in [5, 5.41) is 21.7. The molecular formula is C18H14N2O2S2. The molecule has 6 heteroatoms. The minimum Gasteiger partial charge on any atom is -0.508 e. The number of carbonyl (C=O) groups is 1. The van der Waals surface area contributed by atoms with Crippen molar-refractivity contribution >= 4 is 29.4 Å². The fourth-order valence-corrected chi connectivity index (χ4v) is 4.73. The van der Waals surface area contributed by atoms with Crippen molar-refractivity contribution in [2.45, 2.75) is 11.1 Å². The molecule has 1 aliphatic heterocycles. The topological polar surface area (TPSA) is 73.1 Å². The average molecular weight is 354 g/mol. The highest BCUT2D eigenvalue weighted by atomic mass is 32.2. The highest BCUT2D eigenvalue weighted by molar-refractivity contribution is 8.22. The van der Waals surface area contributed by atoms with Crippen LogP contribution in [0.15, 0.2) is 64.4 Å². The molecular weight excluding hydrogens is 340 g/mol. The van der Waals surface area contributed by atoms with Crippen LogP contribution in [0.2, 0.25) is 0 Å². The Balaban J connectivity index is 1.83. The van der Waals surface area contributed by atoms with Gasteiger partial charge in [-0.15, -0.1) is 11.8 Å². The zero-order chi connectivity index (χ0) is 16.9. The van der Waals surface area contributed by atoms with E-state index >= 15 is 0 Å². The van der Waals surface area contributed by atoms with Crippen molar-refractivity contribution in [2.24, 2.45) is 0 Å². The number of benzene rings is 2. The van der Waals surface area contributed by atoms with Gasteiger partial charge in [0, 0.05) is 11.3 Å². The molecule has 1 unspecified atom stereocenters. The summed E-state index contributed by atoms with van der Waals surface area (Å²) in [5.74, 6) is 0.401. The van der Waals surface area contributed by atoms with Crippen LogP contribution in [0.5, 0.6) is 5.75 Å². The molecule has 0 bridgehead atoms. The molecule has 2 N–H and O–H groups in total. The molecule has 0 fully saturated rings. The summed E-state index contributed by atoms with van der Waals surface area (Å²) < 4.78 is 0.679. The van der Waals surface area contributed by atoms with Crippen molar-refractivity contribution < 1.29 is 9.90 Å². The number of nitriles is 1. The number of carbonyl (C=O) groups excluding carboxylic acids is 1. The van der Waals surface area contributed by atoms with Gasteiger partial charge >= 0.3 is 0 Å². The van der Waals surface area contributed by atoms with Crippen LogP contribution in [0, 0.1) is 11.3 Å². The van der Waals surface area contributed by atoms with Gasteiger partial charge in [0.1, 0.15) is 22.8 Å². The Bertz CT molecular complexity index is 828. The van der Waals surface area contributed by atoms with E-state index in [4.69, 9.17) is 0 Å². The van der Waals surface area contributed by atoms with Gasteiger partial charge in [0.25, 0.3) is 5.91 Å². The highest BCUT2D eigenvalue weighted by Crippen LogP contribution is 2.46. The molecule has 4 nitrogen and oxygen atoms in total. The number of nitrogens with one attached hydrogen (secondary N) is 1. The fourth-order valence-electron chi connectivity index (χ4n) is 2.26. The zero-order valence-corrected chi connectivity index (χ0v) is 14.2. The Morgan fingerprint density at radius 1 is 1.17 bits per heavy atom. The van der Waals surface area contributed by atoms with Gasteiger partial charge in [-0.3, -0.25) is 4.79 Å². The Hall–Kier alpha value is -2.36. The molecule has 0 aromatic heterocycles. The first-order valence-electron chi connectivity index (χ1n) is 7.25. The summed E-state index contributed by atoms with van der Waals surface area (Å²) in [7, 11) is 0.